The van der Waals surface area contributed by atoms with E-state index in [1.165, 1.54) is 25.7 Å². The molecule has 0 aliphatic heterocycles. The molecular weight excluding hydrogens is 218 g/mol. The summed E-state index contributed by atoms with van der Waals surface area (Å²) in [5.41, 5.74) is 7.29. The van der Waals surface area contributed by atoms with Gasteiger partial charge in [0.2, 0.25) is 0 Å². The summed E-state index contributed by atoms with van der Waals surface area (Å²) in [6.07, 6.45) is 9.96. The third-order valence-electron chi connectivity index (χ3n) is 3.02. The van der Waals surface area contributed by atoms with Gasteiger partial charge in [-0.1, -0.05) is 31.0 Å². The molecule has 1 aliphatic rings. The van der Waals surface area contributed by atoms with Crippen LogP contribution in [0.15, 0.2) is 17.6 Å². The lowest BCUT2D eigenvalue weighted by atomic mass is 10.1. The summed E-state index contributed by atoms with van der Waals surface area (Å²) in [4.78, 5) is 8.67. The highest BCUT2D eigenvalue weighted by Gasteiger charge is 2.22. The number of rotatable bonds is 2. The zero-order valence-electron chi connectivity index (χ0n) is 9.72. The van der Waals surface area contributed by atoms with Gasteiger partial charge in [-0.25, -0.2) is 9.97 Å². The maximum atomic E-state index is 6.18. The zero-order chi connectivity index (χ0) is 11.4. The van der Waals surface area contributed by atoms with E-state index in [0.717, 1.165) is 17.1 Å². The highest BCUT2D eigenvalue weighted by Crippen LogP contribution is 2.30. The summed E-state index contributed by atoms with van der Waals surface area (Å²) >= 11 is 1.75. The average Bonchev–Trinajstić information content (AvgIpc) is 2.48. The number of thioether (sulfide) groups is 1. The summed E-state index contributed by atoms with van der Waals surface area (Å²) in [5.74, 6) is 0. The molecule has 1 aliphatic carbocycles. The Labute approximate surface area is 101 Å². The molecule has 1 saturated carbocycles. The summed E-state index contributed by atoms with van der Waals surface area (Å²) in [6, 6.07) is 0.303. The van der Waals surface area contributed by atoms with Crippen molar-refractivity contribution in [2.45, 2.75) is 55.5 Å². The average molecular weight is 237 g/mol. The molecule has 1 aromatic heterocycles. The lowest BCUT2D eigenvalue weighted by molar-refractivity contribution is 0.595. The van der Waals surface area contributed by atoms with E-state index < -0.39 is 0 Å². The Morgan fingerprint density at radius 1 is 1.19 bits per heavy atom. The molecule has 1 heterocycles. The first kappa shape index (κ1) is 11.9. The van der Waals surface area contributed by atoms with E-state index in [9.17, 15) is 0 Å². The highest BCUT2D eigenvalue weighted by molar-refractivity contribution is 7.99. The van der Waals surface area contributed by atoms with Crippen molar-refractivity contribution >= 4 is 11.8 Å². The smallest absolute Gasteiger partial charge is 0.187 e. The van der Waals surface area contributed by atoms with E-state index >= 15 is 0 Å². The Bertz CT molecular complexity index is 326. The highest BCUT2D eigenvalue weighted by atomic mass is 32.2. The Kier molecular flexibility index (Phi) is 4.18. The normalized spacial score (nSPS) is 26.4. The first-order valence-electron chi connectivity index (χ1n) is 5.96. The van der Waals surface area contributed by atoms with Gasteiger partial charge in [-0.05, 0) is 25.3 Å². The van der Waals surface area contributed by atoms with Gasteiger partial charge in [0.15, 0.2) is 5.16 Å². The van der Waals surface area contributed by atoms with E-state index in [4.69, 9.17) is 5.73 Å². The van der Waals surface area contributed by atoms with Gasteiger partial charge in [-0.2, -0.15) is 0 Å². The van der Waals surface area contributed by atoms with E-state index in [1.807, 2.05) is 19.3 Å². The van der Waals surface area contributed by atoms with E-state index in [2.05, 4.69) is 9.97 Å². The summed E-state index contributed by atoms with van der Waals surface area (Å²) < 4.78 is 0. The lowest BCUT2D eigenvalue weighted by Crippen LogP contribution is -2.31. The van der Waals surface area contributed by atoms with Crippen LogP contribution in [0.1, 0.15) is 37.7 Å². The van der Waals surface area contributed by atoms with Gasteiger partial charge in [-0.15, -0.1) is 0 Å². The molecule has 3 nitrogen and oxygen atoms in total. The van der Waals surface area contributed by atoms with Crippen LogP contribution in [0.2, 0.25) is 0 Å². The zero-order valence-corrected chi connectivity index (χ0v) is 10.5. The van der Waals surface area contributed by atoms with Gasteiger partial charge in [-0.3, -0.25) is 0 Å². The van der Waals surface area contributed by atoms with Crippen LogP contribution >= 0.6 is 11.8 Å². The lowest BCUT2D eigenvalue weighted by Gasteiger charge is -2.19. The third kappa shape index (κ3) is 3.19. The molecule has 2 atom stereocenters. The first-order valence-corrected chi connectivity index (χ1v) is 6.84. The van der Waals surface area contributed by atoms with Crippen LogP contribution in [0.4, 0.5) is 0 Å². The number of hydrogen-bond donors (Lipinski definition) is 1. The number of aryl methyl sites for hydroxylation is 1. The second-order valence-electron chi connectivity index (χ2n) is 4.50. The molecule has 4 heteroatoms. The van der Waals surface area contributed by atoms with Crippen LogP contribution in [0, 0.1) is 6.92 Å². The Hall–Kier alpha value is -0.610. The van der Waals surface area contributed by atoms with E-state index in [1.54, 1.807) is 11.8 Å². The molecule has 0 radical (unpaired) electrons. The van der Waals surface area contributed by atoms with Gasteiger partial charge < -0.3 is 5.73 Å². The van der Waals surface area contributed by atoms with Crippen LogP contribution in [-0.2, 0) is 0 Å². The molecule has 0 saturated heterocycles. The number of hydrogen-bond acceptors (Lipinski definition) is 4. The second kappa shape index (κ2) is 5.64. The van der Waals surface area contributed by atoms with Gasteiger partial charge in [0.25, 0.3) is 0 Å². The van der Waals surface area contributed by atoms with Crippen molar-refractivity contribution in [3.05, 3.63) is 18.0 Å². The molecule has 1 fully saturated rings. The molecule has 1 aromatic rings. The fourth-order valence-corrected chi connectivity index (χ4v) is 3.12. The van der Waals surface area contributed by atoms with Crippen LogP contribution in [0.5, 0.6) is 0 Å². The molecule has 88 valence electrons. The van der Waals surface area contributed by atoms with Crippen LogP contribution in [-0.4, -0.2) is 21.3 Å². The van der Waals surface area contributed by atoms with Gasteiger partial charge in [0.05, 0.1) is 0 Å². The van der Waals surface area contributed by atoms with Crippen molar-refractivity contribution in [2.75, 3.05) is 0 Å². The van der Waals surface area contributed by atoms with Crippen LogP contribution in [0.25, 0.3) is 0 Å². The van der Waals surface area contributed by atoms with Gasteiger partial charge >= 0.3 is 0 Å². The largest absolute Gasteiger partial charge is 0.327 e. The second-order valence-corrected chi connectivity index (χ2v) is 5.71. The van der Waals surface area contributed by atoms with Crippen molar-refractivity contribution in [1.29, 1.82) is 0 Å². The minimum Gasteiger partial charge on any atom is -0.327 e. The Morgan fingerprint density at radius 2 is 1.88 bits per heavy atom. The van der Waals surface area contributed by atoms with Crippen molar-refractivity contribution < 1.29 is 0 Å². The fourth-order valence-electron chi connectivity index (χ4n) is 2.03. The summed E-state index contributed by atoms with van der Waals surface area (Å²) in [5, 5.41) is 1.36. The summed E-state index contributed by atoms with van der Waals surface area (Å²) in [6.45, 7) is 2.01. The molecular formula is C12H19N3S. The molecule has 2 rings (SSSR count). The molecule has 2 N–H and O–H groups in total. The maximum absolute atomic E-state index is 6.18. The molecule has 0 bridgehead atoms. The fraction of sp³-hybridized carbons (Fsp3) is 0.667. The predicted octanol–water partition coefficient (Wildman–Crippen LogP) is 2.54. The maximum Gasteiger partial charge on any atom is 0.187 e. The third-order valence-corrected chi connectivity index (χ3v) is 4.33. The van der Waals surface area contributed by atoms with Crippen molar-refractivity contribution in [3.63, 3.8) is 0 Å². The first-order chi connectivity index (χ1) is 7.75. The van der Waals surface area contributed by atoms with Crippen LogP contribution in [0.3, 0.4) is 0 Å². The van der Waals surface area contributed by atoms with Gasteiger partial charge in [0.1, 0.15) is 0 Å². The van der Waals surface area contributed by atoms with E-state index in [0.29, 0.717) is 11.3 Å². The molecule has 0 spiro atoms. The topological polar surface area (TPSA) is 51.8 Å². The summed E-state index contributed by atoms with van der Waals surface area (Å²) in [7, 11) is 0. The predicted molar refractivity (Wildman–Crippen MR) is 67.5 cm³/mol. The Balaban J connectivity index is 1.99. The number of nitrogens with zero attached hydrogens (tertiary/aromatic N) is 2. The van der Waals surface area contributed by atoms with Crippen molar-refractivity contribution in [1.82, 2.24) is 9.97 Å². The number of aromatic nitrogens is 2. The Morgan fingerprint density at radius 3 is 2.62 bits per heavy atom. The van der Waals surface area contributed by atoms with Crippen LogP contribution < -0.4 is 5.73 Å². The molecule has 0 aromatic carbocycles. The molecule has 2 unspecified atom stereocenters. The number of nitrogens with two attached hydrogens (primary N) is 1. The standard InChI is InChI=1S/C12H19N3S/c1-9-7-14-12(15-8-9)16-11-6-4-2-3-5-10(11)13/h7-8,10-11H,2-6,13H2,1H3. The van der Waals surface area contributed by atoms with Gasteiger partial charge in [0, 0.05) is 23.7 Å². The SMILES string of the molecule is Cc1cnc(SC2CCCCCC2N)nc1. The molecule has 16 heavy (non-hydrogen) atoms. The monoisotopic (exact) mass is 237 g/mol. The molecule has 0 amide bonds. The minimum absolute atomic E-state index is 0.303. The quantitative estimate of drug-likeness (QED) is 0.634. The minimum atomic E-state index is 0.303. The van der Waals surface area contributed by atoms with Crippen molar-refractivity contribution in [2.24, 2.45) is 5.73 Å². The van der Waals surface area contributed by atoms with E-state index in [-0.39, 0.29) is 0 Å². The van der Waals surface area contributed by atoms with Crippen molar-refractivity contribution in [3.8, 4) is 0 Å².